The molecule has 27 heavy (non-hydrogen) atoms. The number of benzene rings is 1. The van der Waals surface area contributed by atoms with E-state index in [1.54, 1.807) is 23.7 Å². The van der Waals surface area contributed by atoms with Crippen LogP contribution in [0.2, 0.25) is 0 Å². The molecule has 1 aromatic carbocycles. The van der Waals surface area contributed by atoms with Crippen LogP contribution in [0.15, 0.2) is 18.2 Å². The summed E-state index contributed by atoms with van der Waals surface area (Å²) < 4.78 is 0. The van der Waals surface area contributed by atoms with Crippen LogP contribution in [0.5, 0.6) is 0 Å². The number of hydroxylamine groups is 1. The highest BCUT2D eigenvalue weighted by molar-refractivity contribution is 6.01. The van der Waals surface area contributed by atoms with Gasteiger partial charge in [-0.25, -0.2) is 10.3 Å². The number of amides is 1. The van der Waals surface area contributed by atoms with Gasteiger partial charge in [0.15, 0.2) is 7.11 Å². The molecule has 1 fully saturated rings. The topological polar surface area (TPSA) is 85.1 Å². The van der Waals surface area contributed by atoms with Crippen LogP contribution in [-0.2, 0) is 4.84 Å². The second-order valence-electron chi connectivity index (χ2n) is 6.82. The van der Waals surface area contributed by atoms with Crippen molar-refractivity contribution in [2.45, 2.75) is 33.1 Å². The summed E-state index contributed by atoms with van der Waals surface area (Å²) in [5, 5.41) is 9.06. The third-order valence-corrected chi connectivity index (χ3v) is 5.31. The molecule has 1 aliphatic rings. The van der Waals surface area contributed by atoms with Gasteiger partial charge in [0.1, 0.15) is 5.69 Å². The van der Waals surface area contributed by atoms with Gasteiger partial charge in [0.2, 0.25) is 0 Å². The van der Waals surface area contributed by atoms with E-state index in [0.717, 1.165) is 52.0 Å². The highest BCUT2D eigenvalue weighted by Gasteiger charge is 2.33. The molecule has 0 aromatic heterocycles. The Morgan fingerprint density at radius 2 is 2.15 bits per heavy atom. The first-order valence-corrected chi connectivity index (χ1v) is 9.61. The molecular weight excluding hydrogens is 348 g/mol. The average molecular weight is 379 g/mol. The molecule has 8 heteroatoms. The lowest BCUT2D eigenvalue weighted by molar-refractivity contribution is -0.736. The zero-order valence-electron chi connectivity index (χ0n) is 16.5. The van der Waals surface area contributed by atoms with E-state index in [1.165, 1.54) is 7.11 Å². The summed E-state index contributed by atoms with van der Waals surface area (Å²) in [6, 6.07) is 4.82. The van der Waals surface area contributed by atoms with Gasteiger partial charge < -0.3 is 9.80 Å². The number of rotatable bonds is 10. The first kappa shape index (κ1) is 21.1. The number of hydrogen-bond acceptors (Lipinski definition) is 6. The Bertz CT molecular complexity index is 614. The van der Waals surface area contributed by atoms with Crippen LogP contribution in [-0.4, -0.2) is 60.8 Å². The van der Waals surface area contributed by atoms with Crippen molar-refractivity contribution in [1.29, 1.82) is 0 Å². The van der Waals surface area contributed by atoms with Crippen molar-refractivity contribution in [2.75, 3.05) is 44.7 Å². The minimum Gasteiger partial charge on any atom is -0.365 e. The smallest absolute Gasteiger partial charge is 0.340 e. The van der Waals surface area contributed by atoms with Gasteiger partial charge >= 0.3 is 5.69 Å². The minimum atomic E-state index is -0.638. The third kappa shape index (κ3) is 5.17. The maximum Gasteiger partial charge on any atom is 0.340 e. The zero-order chi connectivity index (χ0) is 19.8. The van der Waals surface area contributed by atoms with Crippen LogP contribution >= 0.6 is 0 Å². The predicted molar refractivity (Wildman–Crippen MR) is 103 cm³/mol. The van der Waals surface area contributed by atoms with Crippen LogP contribution in [0.4, 0.5) is 11.4 Å². The van der Waals surface area contributed by atoms with Crippen molar-refractivity contribution in [1.82, 2.24) is 10.4 Å². The van der Waals surface area contributed by atoms with Gasteiger partial charge in [0.05, 0.1) is 10.5 Å². The molecular formula is C19H31N4O4+. The van der Waals surface area contributed by atoms with E-state index >= 15 is 0 Å². The van der Waals surface area contributed by atoms with E-state index in [0.29, 0.717) is 16.5 Å². The van der Waals surface area contributed by atoms with Crippen LogP contribution in [0.3, 0.4) is 0 Å². The molecule has 2 N–H and O–H groups in total. The monoisotopic (exact) mass is 379 g/mol. The van der Waals surface area contributed by atoms with Crippen LogP contribution in [0, 0.1) is 10.8 Å². The first-order valence-electron chi connectivity index (χ1n) is 9.61. The Balaban J connectivity index is 2.13. The Kier molecular flexibility index (Phi) is 7.99. The molecule has 8 nitrogen and oxygen atoms in total. The highest BCUT2D eigenvalue weighted by Crippen LogP contribution is 2.36. The second kappa shape index (κ2) is 10.2. The Hall–Kier alpha value is -2.19. The number of nitrogens with one attached hydrogen (secondary N) is 1. The number of para-hydroxylation sites is 1. The largest absolute Gasteiger partial charge is 0.365 e. The molecule has 150 valence electrons. The summed E-state index contributed by atoms with van der Waals surface area (Å²) in [5.74, 6) is -0.123. The SMILES string of the molecule is CCN(CC)CCCC1CCN(c2c(C(=O)NO)cccc2[N+](=O)OC)C1. The molecule has 0 radical (unpaired) electrons. The number of anilines is 1. The molecule has 0 spiro atoms. The van der Waals surface area contributed by atoms with E-state index in [9.17, 15) is 9.70 Å². The van der Waals surface area contributed by atoms with E-state index in [-0.39, 0.29) is 11.3 Å². The van der Waals surface area contributed by atoms with Gasteiger partial charge in [-0.15, -0.1) is 0 Å². The summed E-state index contributed by atoms with van der Waals surface area (Å²) >= 11 is 0. The van der Waals surface area contributed by atoms with Gasteiger partial charge in [-0.3, -0.25) is 10.0 Å². The van der Waals surface area contributed by atoms with Gasteiger partial charge in [-0.1, -0.05) is 19.9 Å². The summed E-state index contributed by atoms with van der Waals surface area (Å²) in [5.41, 5.74) is 2.70. The molecule has 1 aromatic rings. The molecule has 1 amide bonds. The Labute approximate surface area is 160 Å². The van der Waals surface area contributed by atoms with Crippen LogP contribution in [0.25, 0.3) is 0 Å². The van der Waals surface area contributed by atoms with E-state index < -0.39 is 5.91 Å². The predicted octanol–water partition coefficient (Wildman–Crippen LogP) is 2.73. The second-order valence-corrected chi connectivity index (χ2v) is 6.82. The number of carbonyl (C=O) groups is 1. The van der Waals surface area contributed by atoms with Crippen molar-refractivity contribution in [2.24, 2.45) is 5.92 Å². The fraction of sp³-hybridized carbons (Fsp3) is 0.632. The quantitative estimate of drug-likeness (QED) is 0.480. The Morgan fingerprint density at radius 3 is 2.78 bits per heavy atom. The summed E-state index contributed by atoms with van der Waals surface area (Å²) in [7, 11) is 1.29. The molecule has 1 unspecified atom stereocenters. The van der Waals surface area contributed by atoms with Crippen molar-refractivity contribution < 1.29 is 19.8 Å². The number of carbonyl (C=O) groups excluding carboxylic acids is 1. The fourth-order valence-corrected chi connectivity index (χ4v) is 3.77. The molecule has 0 saturated carbocycles. The third-order valence-electron chi connectivity index (χ3n) is 5.31. The lowest BCUT2D eigenvalue weighted by Gasteiger charge is -2.21. The molecule has 1 heterocycles. The number of nitrogens with zero attached hydrogens (tertiary/aromatic N) is 3. The number of hydrogen-bond donors (Lipinski definition) is 2. The zero-order valence-corrected chi connectivity index (χ0v) is 16.5. The highest BCUT2D eigenvalue weighted by atomic mass is 16.8. The van der Waals surface area contributed by atoms with E-state index in [1.807, 2.05) is 4.90 Å². The average Bonchev–Trinajstić information content (AvgIpc) is 3.17. The Morgan fingerprint density at radius 1 is 1.41 bits per heavy atom. The summed E-state index contributed by atoms with van der Waals surface area (Å²) in [6.45, 7) is 9.12. The van der Waals surface area contributed by atoms with Crippen molar-refractivity contribution in [3.63, 3.8) is 0 Å². The van der Waals surface area contributed by atoms with E-state index in [2.05, 4.69) is 18.7 Å². The molecule has 1 atom stereocenters. The maximum absolute atomic E-state index is 12.1. The lowest BCUT2D eigenvalue weighted by Crippen LogP contribution is -2.27. The molecule has 0 aliphatic carbocycles. The normalized spacial score (nSPS) is 16.6. The van der Waals surface area contributed by atoms with Crippen LogP contribution < -0.4 is 10.4 Å². The lowest BCUT2D eigenvalue weighted by atomic mass is 10.0. The minimum absolute atomic E-state index is 0.261. The van der Waals surface area contributed by atoms with Gasteiger partial charge in [0, 0.05) is 19.2 Å². The van der Waals surface area contributed by atoms with E-state index in [4.69, 9.17) is 10.0 Å². The maximum atomic E-state index is 12.1. The molecule has 0 bridgehead atoms. The van der Waals surface area contributed by atoms with Gasteiger partial charge in [-0.2, -0.15) is 0 Å². The standard InChI is InChI=1S/C19H30N4O4/c1-4-21(5-2)12-7-8-15-11-13-22(14-15)18-16(19(24)20-25)9-6-10-17(18)23(26)27-3/h6,9-10,15H,4-5,7-8,11-14H2,1-3H3,(H-,20,24,25)/p+1. The summed E-state index contributed by atoms with van der Waals surface area (Å²) in [4.78, 5) is 33.9. The van der Waals surface area contributed by atoms with Crippen LogP contribution in [0.1, 0.15) is 43.5 Å². The van der Waals surface area contributed by atoms with Gasteiger partial charge in [-0.05, 0) is 50.9 Å². The van der Waals surface area contributed by atoms with Crippen molar-refractivity contribution in [3.8, 4) is 0 Å². The summed E-state index contributed by atoms with van der Waals surface area (Å²) in [6.07, 6.45) is 3.26. The fourth-order valence-electron chi connectivity index (χ4n) is 3.77. The van der Waals surface area contributed by atoms with Gasteiger partial charge in [0.25, 0.3) is 10.8 Å². The first-order chi connectivity index (χ1) is 13.0. The van der Waals surface area contributed by atoms with Crippen molar-refractivity contribution >= 4 is 17.3 Å². The molecule has 2 rings (SSSR count). The molecule has 1 aliphatic heterocycles. The van der Waals surface area contributed by atoms with Crippen molar-refractivity contribution in [3.05, 3.63) is 28.7 Å². The molecule has 1 saturated heterocycles.